The zero-order chi connectivity index (χ0) is 25.9. The summed E-state index contributed by atoms with van der Waals surface area (Å²) in [4.78, 5) is 62.5. The van der Waals surface area contributed by atoms with Crippen LogP contribution in [0.25, 0.3) is 0 Å². The predicted molar refractivity (Wildman–Crippen MR) is 137 cm³/mol. The molecule has 1 fully saturated rings. The molecule has 2 aliphatic rings. The SMILES string of the molecule is CCCCCCCCCCCCCCC(=O)Nc1ccc2c(c1)C(=O)N(C1CCC(=O)NC1=O)C2=O. The summed E-state index contributed by atoms with van der Waals surface area (Å²) < 4.78 is 0. The molecule has 2 aliphatic heterocycles. The first-order chi connectivity index (χ1) is 17.4. The number of hydrogen-bond acceptors (Lipinski definition) is 5. The molecule has 1 aromatic carbocycles. The first kappa shape index (κ1) is 27.6. The summed E-state index contributed by atoms with van der Waals surface area (Å²) in [5.41, 5.74) is 0.806. The molecule has 3 rings (SSSR count). The van der Waals surface area contributed by atoms with E-state index < -0.39 is 29.7 Å². The number of carbonyl (C=O) groups is 5. The lowest BCUT2D eigenvalue weighted by atomic mass is 10.0. The van der Waals surface area contributed by atoms with Gasteiger partial charge in [-0.05, 0) is 31.0 Å². The maximum absolute atomic E-state index is 12.9. The molecule has 1 unspecified atom stereocenters. The first-order valence-electron chi connectivity index (χ1n) is 13.6. The van der Waals surface area contributed by atoms with E-state index in [0.29, 0.717) is 12.1 Å². The lowest BCUT2D eigenvalue weighted by Gasteiger charge is -2.27. The average Bonchev–Trinajstić information content (AvgIpc) is 3.09. The van der Waals surface area contributed by atoms with E-state index in [1.165, 1.54) is 69.9 Å². The molecule has 8 heteroatoms. The number of imide groups is 2. The molecule has 0 saturated carbocycles. The fraction of sp³-hybridized carbons (Fsp3) is 0.607. The standard InChI is InChI=1S/C28H39N3O5/c1-2-3-4-5-6-7-8-9-10-11-12-13-14-24(32)29-20-15-16-21-22(19-20)28(36)31(27(21)35)23-17-18-25(33)30-26(23)34/h15-16,19,23H,2-14,17-18H2,1H3,(H,29,32)(H,30,33,34). The lowest BCUT2D eigenvalue weighted by molar-refractivity contribution is -0.136. The normalized spacial score (nSPS) is 17.4. The quantitative estimate of drug-likeness (QED) is 0.258. The van der Waals surface area contributed by atoms with Crippen molar-refractivity contribution in [3.63, 3.8) is 0 Å². The number of hydrogen-bond donors (Lipinski definition) is 2. The monoisotopic (exact) mass is 497 g/mol. The highest BCUT2D eigenvalue weighted by Gasteiger charge is 2.44. The highest BCUT2D eigenvalue weighted by Crippen LogP contribution is 2.29. The van der Waals surface area contributed by atoms with Crippen LogP contribution in [0.3, 0.4) is 0 Å². The fourth-order valence-corrected chi connectivity index (χ4v) is 4.90. The summed E-state index contributed by atoms with van der Waals surface area (Å²) in [5, 5.41) is 4.99. The molecular formula is C28H39N3O5. The summed E-state index contributed by atoms with van der Waals surface area (Å²) in [6.45, 7) is 2.24. The minimum Gasteiger partial charge on any atom is -0.326 e. The number of rotatable bonds is 15. The van der Waals surface area contributed by atoms with E-state index in [0.717, 1.165) is 24.2 Å². The first-order valence-corrected chi connectivity index (χ1v) is 13.6. The second kappa shape index (κ2) is 13.9. The Labute approximate surface area is 213 Å². The Bertz CT molecular complexity index is 974. The van der Waals surface area contributed by atoms with Gasteiger partial charge in [0, 0.05) is 18.5 Å². The number of carbonyl (C=O) groups excluding carboxylic acids is 5. The summed E-state index contributed by atoms with van der Waals surface area (Å²) in [6, 6.07) is 3.58. The van der Waals surface area contributed by atoms with E-state index in [1.807, 2.05) is 0 Å². The fourth-order valence-electron chi connectivity index (χ4n) is 4.90. The Morgan fingerprint density at radius 2 is 1.44 bits per heavy atom. The summed E-state index contributed by atoms with van der Waals surface area (Å²) in [7, 11) is 0. The minimum absolute atomic E-state index is 0.0737. The third kappa shape index (κ3) is 7.48. The van der Waals surface area contributed by atoms with Crippen LogP contribution in [-0.4, -0.2) is 40.5 Å². The van der Waals surface area contributed by atoms with Crippen LogP contribution in [-0.2, 0) is 14.4 Å². The van der Waals surface area contributed by atoms with Crippen LogP contribution in [0.15, 0.2) is 18.2 Å². The zero-order valence-electron chi connectivity index (χ0n) is 21.4. The third-order valence-electron chi connectivity index (χ3n) is 6.98. The lowest BCUT2D eigenvalue weighted by Crippen LogP contribution is -2.54. The summed E-state index contributed by atoms with van der Waals surface area (Å²) in [6.07, 6.45) is 15.3. The van der Waals surface area contributed by atoms with Crippen LogP contribution in [0.5, 0.6) is 0 Å². The van der Waals surface area contributed by atoms with Gasteiger partial charge in [0.15, 0.2) is 0 Å². The average molecular weight is 498 g/mol. The molecule has 1 saturated heterocycles. The van der Waals surface area contributed by atoms with Gasteiger partial charge in [-0.1, -0.05) is 77.6 Å². The van der Waals surface area contributed by atoms with Crippen molar-refractivity contribution in [2.45, 2.75) is 109 Å². The van der Waals surface area contributed by atoms with Gasteiger partial charge >= 0.3 is 0 Å². The van der Waals surface area contributed by atoms with E-state index >= 15 is 0 Å². The van der Waals surface area contributed by atoms with Crippen molar-refractivity contribution in [1.29, 1.82) is 0 Å². The maximum atomic E-state index is 12.9. The van der Waals surface area contributed by atoms with Gasteiger partial charge in [0.25, 0.3) is 11.8 Å². The molecule has 5 amide bonds. The Morgan fingerprint density at radius 3 is 2.06 bits per heavy atom. The predicted octanol–water partition coefficient (Wildman–Crippen LogP) is 5.12. The van der Waals surface area contributed by atoms with Crippen molar-refractivity contribution in [3.05, 3.63) is 29.3 Å². The molecule has 2 N–H and O–H groups in total. The molecule has 0 aliphatic carbocycles. The van der Waals surface area contributed by atoms with Crippen molar-refractivity contribution in [3.8, 4) is 0 Å². The molecule has 36 heavy (non-hydrogen) atoms. The van der Waals surface area contributed by atoms with Gasteiger partial charge < -0.3 is 5.32 Å². The van der Waals surface area contributed by atoms with Crippen molar-refractivity contribution < 1.29 is 24.0 Å². The summed E-state index contributed by atoms with van der Waals surface area (Å²) >= 11 is 0. The van der Waals surface area contributed by atoms with E-state index in [1.54, 1.807) is 6.07 Å². The Balaban J connectivity index is 1.36. The van der Waals surface area contributed by atoms with Gasteiger partial charge in [-0.2, -0.15) is 0 Å². The van der Waals surface area contributed by atoms with Crippen LogP contribution in [0.1, 0.15) is 124 Å². The molecule has 0 spiro atoms. The molecular weight excluding hydrogens is 458 g/mol. The number of benzene rings is 1. The second-order valence-electron chi connectivity index (χ2n) is 9.89. The van der Waals surface area contributed by atoms with Crippen LogP contribution < -0.4 is 10.6 Å². The van der Waals surface area contributed by atoms with Crippen molar-refractivity contribution >= 4 is 35.2 Å². The van der Waals surface area contributed by atoms with Gasteiger partial charge in [0.2, 0.25) is 17.7 Å². The third-order valence-corrected chi connectivity index (χ3v) is 6.98. The molecule has 196 valence electrons. The topological polar surface area (TPSA) is 113 Å². The van der Waals surface area contributed by atoms with E-state index in [2.05, 4.69) is 17.6 Å². The van der Waals surface area contributed by atoms with Crippen LogP contribution in [0, 0.1) is 0 Å². The molecule has 2 heterocycles. The van der Waals surface area contributed by atoms with Crippen molar-refractivity contribution in [1.82, 2.24) is 10.2 Å². The zero-order valence-corrected chi connectivity index (χ0v) is 21.4. The number of fused-ring (bicyclic) bond motifs is 1. The van der Waals surface area contributed by atoms with Crippen LogP contribution in [0.2, 0.25) is 0 Å². The van der Waals surface area contributed by atoms with Gasteiger partial charge in [-0.3, -0.25) is 34.2 Å². The highest BCUT2D eigenvalue weighted by molar-refractivity contribution is 6.23. The number of nitrogens with zero attached hydrogens (tertiary/aromatic N) is 1. The van der Waals surface area contributed by atoms with Crippen molar-refractivity contribution in [2.24, 2.45) is 0 Å². The molecule has 0 radical (unpaired) electrons. The molecule has 1 atom stereocenters. The van der Waals surface area contributed by atoms with Crippen LogP contribution in [0.4, 0.5) is 5.69 Å². The van der Waals surface area contributed by atoms with E-state index in [9.17, 15) is 24.0 Å². The van der Waals surface area contributed by atoms with Gasteiger partial charge in [0.1, 0.15) is 6.04 Å². The number of piperidine rings is 1. The minimum atomic E-state index is -1.00. The Morgan fingerprint density at radius 1 is 0.861 bits per heavy atom. The Hall–Kier alpha value is -3.03. The molecule has 0 bridgehead atoms. The van der Waals surface area contributed by atoms with Gasteiger partial charge in [-0.25, -0.2) is 0 Å². The van der Waals surface area contributed by atoms with E-state index in [-0.39, 0.29) is 29.9 Å². The molecule has 0 aromatic heterocycles. The van der Waals surface area contributed by atoms with Crippen molar-refractivity contribution in [2.75, 3.05) is 5.32 Å². The number of anilines is 1. The molecule has 1 aromatic rings. The summed E-state index contributed by atoms with van der Waals surface area (Å²) in [5.74, 6) is -2.32. The Kier molecular flexibility index (Phi) is 10.6. The van der Waals surface area contributed by atoms with Gasteiger partial charge in [0.05, 0.1) is 11.1 Å². The largest absolute Gasteiger partial charge is 0.326 e. The second-order valence-corrected chi connectivity index (χ2v) is 9.89. The molecule has 8 nitrogen and oxygen atoms in total. The van der Waals surface area contributed by atoms with Gasteiger partial charge in [-0.15, -0.1) is 0 Å². The number of unbranched alkanes of at least 4 members (excludes halogenated alkanes) is 11. The number of amides is 5. The maximum Gasteiger partial charge on any atom is 0.262 e. The number of nitrogens with one attached hydrogen (secondary N) is 2. The van der Waals surface area contributed by atoms with Crippen LogP contribution >= 0.6 is 0 Å². The highest BCUT2D eigenvalue weighted by atomic mass is 16.2. The van der Waals surface area contributed by atoms with E-state index in [4.69, 9.17) is 0 Å². The smallest absolute Gasteiger partial charge is 0.262 e.